The molecule has 0 unspecified atom stereocenters. The number of hydrogen-bond donors (Lipinski definition) is 1. The van der Waals surface area contributed by atoms with E-state index in [9.17, 15) is 0 Å². The molecule has 22 heavy (non-hydrogen) atoms. The van der Waals surface area contributed by atoms with Crippen LogP contribution in [0, 0.1) is 19.8 Å². The van der Waals surface area contributed by atoms with E-state index in [0.29, 0.717) is 17.9 Å². The van der Waals surface area contributed by atoms with Crippen molar-refractivity contribution in [2.24, 2.45) is 5.92 Å². The zero-order valence-corrected chi connectivity index (χ0v) is 14.5. The molecule has 0 saturated heterocycles. The molecular weight excluding hydrogens is 334 g/mol. The summed E-state index contributed by atoms with van der Waals surface area (Å²) < 4.78 is 1.14. The van der Waals surface area contributed by atoms with Crippen LogP contribution in [0.2, 0.25) is 0 Å². The Labute approximate surface area is 140 Å². The van der Waals surface area contributed by atoms with Gasteiger partial charge in [-0.2, -0.15) is 0 Å². The third-order valence-corrected chi connectivity index (χ3v) is 5.57. The number of fused-ring (bicyclic) bond motifs is 3. The Morgan fingerprint density at radius 1 is 1.09 bits per heavy atom. The maximum Gasteiger partial charge on any atom is 0.0553 e. The van der Waals surface area contributed by atoms with Crippen LogP contribution < -0.4 is 5.32 Å². The average Bonchev–Trinajstić information content (AvgIpc) is 2.95. The summed E-state index contributed by atoms with van der Waals surface area (Å²) in [5.74, 6) is 1.17. The Morgan fingerprint density at radius 3 is 2.64 bits per heavy atom. The summed E-state index contributed by atoms with van der Waals surface area (Å²) in [6, 6.07) is 13.8. The van der Waals surface area contributed by atoms with Gasteiger partial charge in [0.05, 0.1) is 6.04 Å². The van der Waals surface area contributed by atoms with Crippen molar-refractivity contribution < 1.29 is 0 Å². The molecule has 0 spiro atoms. The SMILES string of the molecule is Cc1cc(C)c2c(c1)N[C@@H](c1ccc(Br)cc1)[C@H]1CC=C[C@@H]21. The summed E-state index contributed by atoms with van der Waals surface area (Å²) in [5, 5.41) is 3.83. The molecule has 2 aliphatic rings. The first-order valence-electron chi connectivity index (χ1n) is 7.93. The van der Waals surface area contributed by atoms with Gasteiger partial charge in [0, 0.05) is 16.1 Å². The molecule has 1 aliphatic heterocycles. The monoisotopic (exact) mass is 353 g/mol. The van der Waals surface area contributed by atoms with E-state index in [1.165, 1.54) is 27.9 Å². The number of anilines is 1. The van der Waals surface area contributed by atoms with Crippen molar-refractivity contribution in [2.75, 3.05) is 5.32 Å². The lowest BCUT2D eigenvalue weighted by atomic mass is 9.75. The minimum atomic E-state index is 0.391. The van der Waals surface area contributed by atoms with Gasteiger partial charge in [-0.3, -0.25) is 0 Å². The molecule has 1 heterocycles. The minimum absolute atomic E-state index is 0.391. The van der Waals surface area contributed by atoms with E-state index in [2.05, 4.69) is 83.6 Å². The summed E-state index contributed by atoms with van der Waals surface area (Å²) in [6.07, 6.45) is 5.93. The van der Waals surface area contributed by atoms with Gasteiger partial charge in [0.25, 0.3) is 0 Å². The van der Waals surface area contributed by atoms with Crippen LogP contribution in [0.15, 0.2) is 53.0 Å². The van der Waals surface area contributed by atoms with Gasteiger partial charge in [0.2, 0.25) is 0 Å². The molecule has 112 valence electrons. The van der Waals surface area contributed by atoms with Crippen molar-refractivity contribution in [1.82, 2.24) is 0 Å². The van der Waals surface area contributed by atoms with E-state index in [1.807, 2.05) is 0 Å². The standard InChI is InChI=1S/C20H20BrN/c1-12-10-13(2)19-16-4-3-5-17(16)20(22-18(19)11-12)14-6-8-15(21)9-7-14/h3-4,6-11,16-17,20,22H,5H2,1-2H3/t16-,17+,20+/m1/s1. The predicted molar refractivity (Wildman–Crippen MR) is 96.4 cm³/mol. The van der Waals surface area contributed by atoms with Gasteiger partial charge in [0.15, 0.2) is 0 Å². The average molecular weight is 354 g/mol. The van der Waals surface area contributed by atoms with Gasteiger partial charge in [0.1, 0.15) is 0 Å². The molecule has 0 radical (unpaired) electrons. The smallest absolute Gasteiger partial charge is 0.0553 e. The lowest BCUT2D eigenvalue weighted by Crippen LogP contribution is -2.29. The Bertz CT molecular complexity index is 745. The fourth-order valence-electron chi connectivity index (χ4n) is 4.14. The summed E-state index contributed by atoms with van der Waals surface area (Å²) >= 11 is 3.54. The van der Waals surface area contributed by atoms with Crippen LogP contribution in [-0.2, 0) is 0 Å². The second-order valence-electron chi connectivity index (χ2n) is 6.57. The van der Waals surface area contributed by atoms with Crippen LogP contribution in [0.1, 0.15) is 40.6 Å². The predicted octanol–water partition coefficient (Wildman–Crippen LogP) is 5.89. The first-order chi connectivity index (χ1) is 10.6. The summed E-state index contributed by atoms with van der Waals surface area (Å²) in [6.45, 7) is 4.43. The van der Waals surface area contributed by atoms with Crippen LogP contribution in [0.3, 0.4) is 0 Å². The van der Waals surface area contributed by atoms with Crippen molar-refractivity contribution in [2.45, 2.75) is 32.2 Å². The largest absolute Gasteiger partial charge is 0.378 e. The van der Waals surface area contributed by atoms with Crippen LogP contribution in [0.25, 0.3) is 0 Å². The van der Waals surface area contributed by atoms with Crippen molar-refractivity contribution in [3.05, 3.63) is 75.3 Å². The Balaban J connectivity index is 1.82. The van der Waals surface area contributed by atoms with Gasteiger partial charge in [-0.1, -0.05) is 46.3 Å². The fourth-order valence-corrected chi connectivity index (χ4v) is 4.41. The molecule has 2 aromatic carbocycles. The zero-order chi connectivity index (χ0) is 15.3. The number of benzene rings is 2. The highest BCUT2D eigenvalue weighted by atomic mass is 79.9. The number of halogens is 1. The number of nitrogens with one attached hydrogen (secondary N) is 1. The third kappa shape index (κ3) is 2.21. The highest BCUT2D eigenvalue weighted by molar-refractivity contribution is 9.10. The first kappa shape index (κ1) is 14.1. The molecule has 0 aromatic heterocycles. The van der Waals surface area contributed by atoms with Gasteiger partial charge < -0.3 is 5.32 Å². The molecule has 0 amide bonds. The fraction of sp³-hybridized carbons (Fsp3) is 0.300. The second kappa shape index (κ2) is 5.27. The number of rotatable bonds is 1. The van der Waals surface area contributed by atoms with E-state index in [-0.39, 0.29) is 0 Å². The molecule has 0 fully saturated rings. The Morgan fingerprint density at radius 2 is 1.86 bits per heavy atom. The minimum Gasteiger partial charge on any atom is -0.378 e. The maximum absolute atomic E-state index is 3.83. The lowest BCUT2D eigenvalue weighted by Gasteiger charge is -2.38. The molecule has 0 bridgehead atoms. The Hall–Kier alpha value is -1.54. The zero-order valence-electron chi connectivity index (χ0n) is 12.9. The van der Waals surface area contributed by atoms with E-state index >= 15 is 0 Å². The number of hydrogen-bond acceptors (Lipinski definition) is 1. The van der Waals surface area contributed by atoms with Crippen LogP contribution in [0.5, 0.6) is 0 Å². The third-order valence-electron chi connectivity index (χ3n) is 5.05. The lowest BCUT2D eigenvalue weighted by molar-refractivity contribution is 0.424. The van der Waals surface area contributed by atoms with Crippen molar-refractivity contribution in [3.63, 3.8) is 0 Å². The van der Waals surface area contributed by atoms with Gasteiger partial charge >= 0.3 is 0 Å². The normalized spacial score (nSPS) is 25.5. The van der Waals surface area contributed by atoms with Crippen LogP contribution in [-0.4, -0.2) is 0 Å². The molecule has 3 atom stereocenters. The topological polar surface area (TPSA) is 12.0 Å². The van der Waals surface area contributed by atoms with Crippen molar-refractivity contribution >= 4 is 21.6 Å². The molecule has 0 saturated carbocycles. The summed E-state index contributed by atoms with van der Waals surface area (Å²) in [4.78, 5) is 0. The second-order valence-corrected chi connectivity index (χ2v) is 7.49. The molecule has 2 heteroatoms. The molecule has 2 aromatic rings. The highest BCUT2D eigenvalue weighted by Gasteiger charge is 2.38. The molecule has 1 N–H and O–H groups in total. The van der Waals surface area contributed by atoms with E-state index in [1.54, 1.807) is 0 Å². The van der Waals surface area contributed by atoms with Gasteiger partial charge in [-0.25, -0.2) is 0 Å². The molecule has 4 rings (SSSR count). The van der Waals surface area contributed by atoms with E-state index in [0.717, 1.165) is 10.9 Å². The Kier molecular flexibility index (Phi) is 3.37. The quantitative estimate of drug-likeness (QED) is 0.630. The summed E-state index contributed by atoms with van der Waals surface area (Å²) in [7, 11) is 0. The molecular formula is C20H20BrN. The van der Waals surface area contributed by atoms with Gasteiger partial charge in [-0.15, -0.1) is 0 Å². The highest BCUT2D eigenvalue weighted by Crippen LogP contribution is 2.51. The number of allylic oxidation sites excluding steroid dienone is 2. The molecule has 1 nitrogen and oxygen atoms in total. The first-order valence-corrected chi connectivity index (χ1v) is 8.72. The van der Waals surface area contributed by atoms with E-state index in [4.69, 9.17) is 0 Å². The van der Waals surface area contributed by atoms with Crippen LogP contribution >= 0.6 is 15.9 Å². The van der Waals surface area contributed by atoms with Crippen molar-refractivity contribution in [1.29, 1.82) is 0 Å². The summed E-state index contributed by atoms with van der Waals surface area (Å²) in [5.41, 5.74) is 6.94. The van der Waals surface area contributed by atoms with Gasteiger partial charge in [-0.05, 0) is 66.6 Å². The van der Waals surface area contributed by atoms with Crippen molar-refractivity contribution in [3.8, 4) is 0 Å². The molecule has 1 aliphatic carbocycles. The van der Waals surface area contributed by atoms with E-state index < -0.39 is 0 Å². The maximum atomic E-state index is 3.83. The van der Waals surface area contributed by atoms with Crippen LogP contribution in [0.4, 0.5) is 5.69 Å². The number of aryl methyl sites for hydroxylation is 2.